The second-order valence-corrected chi connectivity index (χ2v) is 6.41. The Morgan fingerprint density at radius 2 is 1.96 bits per heavy atom. The van der Waals surface area contributed by atoms with Crippen LogP contribution in [0.15, 0.2) is 53.5 Å². The average molecular weight is 335 g/mol. The van der Waals surface area contributed by atoms with E-state index < -0.39 is 0 Å². The van der Waals surface area contributed by atoms with Crippen LogP contribution in [0.3, 0.4) is 0 Å². The third kappa shape index (κ3) is 2.89. The lowest BCUT2D eigenvalue weighted by molar-refractivity contribution is 0.954. The molecule has 0 aliphatic heterocycles. The van der Waals surface area contributed by atoms with E-state index in [0.29, 0.717) is 5.95 Å². The van der Waals surface area contributed by atoms with Gasteiger partial charge in [0.1, 0.15) is 11.2 Å². The van der Waals surface area contributed by atoms with Gasteiger partial charge in [-0.1, -0.05) is 6.07 Å². The van der Waals surface area contributed by atoms with E-state index in [1.807, 2.05) is 30.3 Å². The van der Waals surface area contributed by atoms with Crippen LogP contribution in [0.25, 0.3) is 20.8 Å². The van der Waals surface area contributed by atoms with Crippen LogP contribution < -0.4 is 10.9 Å². The van der Waals surface area contributed by atoms with Crippen molar-refractivity contribution in [3.05, 3.63) is 64.6 Å². The highest BCUT2D eigenvalue weighted by Gasteiger charge is 2.07. The third-order valence-electron chi connectivity index (χ3n) is 3.51. The van der Waals surface area contributed by atoms with Crippen LogP contribution in [0.2, 0.25) is 0 Å². The molecule has 0 spiro atoms. The first-order chi connectivity index (χ1) is 11.7. The predicted octanol–water partition coefficient (Wildman–Crippen LogP) is 3.49. The predicted molar refractivity (Wildman–Crippen MR) is 95.7 cm³/mol. The number of nitrogens with zero attached hydrogens (tertiary/aromatic N) is 3. The number of benzene rings is 2. The fraction of sp³-hybridized carbons (Fsp3) is 0.0588. The van der Waals surface area contributed by atoms with Crippen LogP contribution in [0.4, 0.5) is 11.6 Å². The molecule has 2 aromatic heterocycles. The van der Waals surface area contributed by atoms with Crippen molar-refractivity contribution in [2.24, 2.45) is 0 Å². The van der Waals surface area contributed by atoms with Crippen LogP contribution in [0, 0.1) is 6.92 Å². The van der Waals surface area contributed by atoms with E-state index in [2.05, 4.69) is 44.5 Å². The van der Waals surface area contributed by atoms with Crippen molar-refractivity contribution >= 4 is 33.2 Å². The molecular weight excluding hydrogens is 322 g/mol. The Morgan fingerprint density at radius 1 is 1.12 bits per heavy atom. The molecule has 24 heavy (non-hydrogen) atoms. The molecule has 0 amide bonds. The number of hydrogen-bond donors (Lipinski definition) is 2. The fourth-order valence-corrected chi connectivity index (χ4v) is 3.43. The normalized spacial score (nSPS) is 10.9. The maximum atomic E-state index is 11.2. The summed E-state index contributed by atoms with van der Waals surface area (Å²) in [5.41, 5.74) is 3.81. The van der Waals surface area contributed by atoms with Gasteiger partial charge in [-0.15, -0.1) is 21.5 Å². The topological polar surface area (TPSA) is 83.6 Å². The third-order valence-corrected chi connectivity index (χ3v) is 4.58. The summed E-state index contributed by atoms with van der Waals surface area (Å²) in [6.45, 7) is 2.08. The SMILES string of the molecule is Cc1ccc2nc(-c3ccc(Nc4nncc(=O)[nH]4)cc3)sc2c1. The number of aromatic nitrogens is 4. The summed E-state index contributed by atoms with van der Waals surface area (Å²) in [5, 5.41) is 11.4. The summed E-state index contributed by atoms with van der Waals surface area (Å²) < 4.78 is 1.18. The zero-order chi connectivity index (χ0) is 16.5. The molecule has 6 nitrogen and oxygen atoms in total. The summed E-state index contributed by atoms with van der Waals surface area (Å²) in [6.07, 6.45) is 1.13. The Bertz CT molecular complexity index is 1070. The minimum atomic E-state index is -0.297. The molecule has 2 heterocycles. The molecule has 0 saturated carbocycles. The van der Waals surface area contributed by atoms with Crippen LogP contribution in [0.5, 0.6) is 0 Å². The number of fused-ring (bicyclic) bond motifs is 1. The van der Waals surface area contributed by atoms with E-state index in [0.717, 1.165) is 28.0 Å². The van der Waals surface area contributed by atoms with E-state index in [1.165, 1.54) is 10.3 Å². The maximum absolute atomic E-state index is 11.2. The molecule has 4 aromatic rings. The number of H-pyrrole nitrogens is 1. The van der Waals surface area contributed by atoms with E-state index >= 15 is 0 Å². The molecule has 0 aliphatic rings. The molecule has 4 rings (SSSR count). The number of nitrogens with one attached hydrogen (secondary N) is 2. The lowest BCUT2D eigenvalue weighted by Gasteiger charge is -2.04. The highest BCUT2D eigenvalue weighted by atomic mass is 32.1. The van der Waals surface area contributed by atoms with Gasteiger partial charge in [-0.2, -0.15) is 0 Å². The first-order valence-corrected chi connectivity index (χ1v) is 8.16. The highest BCUT2D eigenvalue weighted by molar-refractivity contribution is 7.21. The van der Waals surface area contributed by atoms with Gasteiger partial charge in [0.2, 0.25) is 5.95 Å². The lowest BCUT2D eigenvalue weighted by Crippen LogP contribution is -2.10. The first-order valence-electron chi connectivity index (χ1n) is 7.34. The molecule has 118 valence electrons. The number of aryl methyl sites for hydroxylation is 1. The van der Waals surface area contributed by atoms with Crippen molar-refractivity contribution in [1.29, 1.82) is 0 Å². The molecule has 2 N–H and O–H groups in total. The number of thiazole rings is 1. The Labute approximate surface area is 141 Å². The van der Waals surface area contributed by atoms with E-state index in [4.69, 9.17) is 0 Å². The van der Waals surface area contributed by atoms with Gasteiger partial charge in [0.05, 0.1) is 10.2 Å². The largest absolute Gasteiger partial charge is 0.324 e. The molecule has 0 bridgehead atoms. The molecule has 0 fully saturated rings. The summed E-state index contributed by atoms with van der Waals surface area (Å²) in [6, 6.07) is 14.1. The number of rotatable bonds is 3. The first kappa shape index (κ1) is 14.5. The van der Waals surface area contributed by atoms with Gasteiger partial charge in [0, 0.05) is 11.3 Å². The maximum Gasteiger partial charge on any atom is 0.271 e. The van der Waals surface area contributed by atoms with Gasteiger partial charge in [0.25, 0.3) is 5.56 Å². The smallest absolute Gasteiger partial charge is 0.271 e. The fourth-order valence-electron chi connectivity index (χ4n) is 2.36. The van der Waals surface area contributed by atoms with Gasteiger partial charge in [0.15, 0.2) is 0 Å². The van der Waals surface area contributed by atoms with Crippen molar-refractivity contribution in [2.75, 3.05) is 5.32 Å². The van der Waals surface area contributed by atoms with Crippen molar-refractivity contribution in [2.45, 2.75) is 6.92 Å². The van der Waals surface area contributed by atoms with Crippen LogP contribution >= 0.6 is 11.3 Å². The summed E-state index contributed by atoms with van der Waals surface area (Å²) in [7, 11) is 0. The van der Waals surface area contributed by atoms with Crippen LogP contribution in [-0.4, -0.2) is 20.2 Å². The van der Waals surface area contributed by atoms with Crippen molar-refractivity contribution < 1.29 is 0 Å². The minimum Gasteiger partial charge on any atom is -0.324 e. The standard InChI is InChI=1S/C17H13N5OS/c1-10-2-7-13-14(8-10)24-16(20-13)11-3-5-12(6-4-11)19-17-21-15(23)9-18-22-17/h2-9H,1H3,(H2,19,21,22,23). The van der Waals surface area contributed by atoms with Crippen molar-refractivity contribution in [3.63, 3.8) is 0 Å². The second kappa shape index (κ2) is 5.86. The van der Waals surface area contributed by atoms with Crippen molar-refractivity contribution in [1.82, 2.24) is 20.2 Å². The van der Waals surface area contributed by atoms with Gasteiger partial charge >= 0.3 is 0 Å². The Kier molecular flexibility index (Phi) is 3.55. The quantitative estimate of drug-likeness (QED) is 0.599. The zero-order valence-electron chi connectivity index (χ0n) is 12.8. The Morgan fingerprint density at radius 3 is 2.75 bits per heavy atom. The number of hydrogen-bond acceptors (Lipinski definition) is 6. The van der Waals surface area contributed by atoms with E-state index in [1.54, 1.807) is 11.3 Å². The Hall–Kier alpha value is -3.06. The summed E-state index contributed by atoms with van der Waals surface area (Å²) >= 11 is 1.67. The molecule has 2 aromatic carbocycles. The van der Waals surface area contributed by atoms with Crippen LogP contribution in [0.1, 0.15) is 5.56 Å². The summed E-state index contributed by atoms with van der Waals surface area (Å²) in [4.78, 5) is 18.5. The lowest BCUT2D eigenvalue weighted by atomic mass is 10.2. The zero-order valence-corrected chi connectivity index (χ0v) is 13.6. The highest BCUT2D eigenvalue weighted by Crippen LogP contribution is 2.31. The van der Waals surface area contributed by atoms with Gasteiger partial charge < -0.3 is 5.32 Å². The molecule has 0 radical (unpaired) electrons. The average Bonchev–Trinajstić information content (AvgIpc) is 2.98. The minimum absolute atomic E-state index is 0.297. The number of anilines is 2. The molecule has 0 atom stereocenters. The second-order valence-electron chi connectivity index (χ2n) is 5.37. The van der Waals surface area contributed by atoms with Gasteiger partial charge in [-0.3, -0.25) is 9.78 Å². The van der Waals surface area contributed by atoms with Crippen molar-refractivity contribution in [3.8, 4) is 10.6 Å². The molecule has 0 aliphatic carbocycles. The molecule has 0 saturated heterocycles. The van der Waals surface area contributed by atoms with Gasteiger partial charge in [-0.05, 0) is 48.9 Å². The summed E-state index contributed by atoms with van der Waals surface area (Å²) in [5.74, 6) is 0.311. The molecular formula is C17H13N5OS. The Balaban J connectivity index is 1.61. The molecule has 7 heteroatoms. The van der Waals surface area contributed by atoms with E-state index in [-0.39, 0.29) is 5.56 Å². The monoisotopic (exact) mass is 335 g/mol. The van der Waals surface area contributed by atoms with E-state index in [9.17, 15) is 4.79 Å². The number of aromatic amines is 1. The molecule has 0 unspecified atom stereocenters. The van der Waals surface area contributed by atoms with Gasteiger partial charge in [-0.25, -0.2) is 4.98 Å². The van der Waals surface area contributed by atoms with Crippen LogP contribution in [-0.2, 0) is 0 Å².